The lowest BCUT2D eigenvalue weighted by Gasteiger charge is -2.04. The minimum absolute atomic E-state index is 0.0203. The molecular formula is C9H10N4O3S. The fraction of sp³-hybridized carbons (Fsp3) is 0.111. The van der Waals surface area contributed by atoms with E-state index in [0.29, 0.717) is 11.4 Å². The number of aromatic nitrogens is 3. The van der Waals surface area contributed by atoms with E-state index in [0.717, 1.165) is 0 Å². The molecule has 1 aromatic heterocycles. The number of primary sulfonamides is 1. The van der Waals surface area contributed by atoms with Crippen LogP contribution in [0, 0.1) is 0 Å². The molecular weight excluding hydrogens is 244 g/mol. The summed E-state index contributed by atoms with van der Waals surface area (Å²) in [6.45, 7) is -0.204. The zero-order valence-corrected chi connectivity index (χ0v) is 9.50. The van der Waals surface area contributed by atoms with Crippen LogP contribution in [0.3, 0.4) is 0 Å². The molecule has 0 amide bonds. The Morgan fingerprint density at radius 3 is 2.47 bits per heavy atom. The highest BCUT2D eigenvalue weighted by molar-refractivity contribution is 7.89. The third-order valence-electron chi connectivity index (χ3n) is 2.19. The van der Waals surface area contributed by atoms with Crippen LogP contribution in [0.15, 0.2) is 35.4 Å². The van der Waals surface area contributed by atoms with Crippen LogP contribution >= 0.6 is 0 Å². The molecule has 0 radical (unpaired) electrons. The number of nitrogens with two attached hydrogens (primary N) is 1. The first kappa shape index (κ1) is 11.7. The molecule has 0 unspecified atom stereocenters. The maximum absolute atomic E-state index is 11.1. The second kappa shape index (κ2) is 4.24. The summed E-state index contributed by atoms with van der Waals surface area (Å²) in [5.74, 6) is 0. The quantitative estimate of drug-likeness (QED) is 0.760. The van der Waals surface area contributed by atoms with Gasteiger partial charge in [-0.3, -0.25) is 0 Å². The SMILES string of the molecule is NS(=O)(=O)c1ccc(-n2nncc2CO)cc1. The van der Waals surface area contributed by atoms with Crippen molar-refractivity contribution in [3.8, 4) is 5.69 Å². The van der Waals surface area contributed by atoms with Crippen LogP contribution < -0.4 is 5.14 Å². The highest BCUT2D eigenvalue weighted by atomic mass is 32.2. The van der Waals surface area contributed by atoms with Crippen LogP contribution in [-0.4, -0.2) is 28.5 Å². The molecule has 90 valence electrons. The molecule has 0 saturated carbocycles. The molecule has 2 aromatic rings. The van der Waals surface area contributed by atoms with Gasteiger partial charge in [0.05, 0.1) is 29.1 Å². The van der Waals surface area contributed by atoms with Gasteiger partial charge < -0.3 is 5.11 Å². The summed E-state index contributed by atoms with van der Waals surface area (Å²) in [6, 6.07) is 5.81. The third kappa shape index (κ3) is 2.33. The van der Waals surface area contributed by atoms with Gasteiger partial charge in [0.15, 0.2) is 0 Å². The van der Waals surface area contributed by atoms with Gasteiger partial charge in [-0.1, -0.05) is 5.21 Å². The summed E-state index contributed by atoms with van der Waals surface area (Å²) in [7, 11) is -3.70. The molecule has 8 heteroatoms. The zero-order valence-electron chi connectivity index (χ0n) is 8.68. The molecule has 0 bridgehead atoms. The Balaban J connectivity index is 2.43. The number of hydrogen-bond acceptors (Lipinski definition) is 5. The average molecular weight is 254 g/mol. The predicted octanol–water partition coefficient (Wildman–Crippen LogP) is -0.593. The molecule has 1 aromatic carbocycles. The fourth-order valence-corrected chi connectivity index (χ4v) is 1.87. The molecule has 0 saturated heterocycles. The van der Waals surface area contributed by atoms with E-state index in [1.165, 1.54) is 35.1 Å². The van der Waals surface area contributed by atoms with Crippen LogP contribution in [0.5, 0.6) is 0 Å². The summed E-state index contributed by atoms with van der Waals surface area (Å²) >= 11 is 0. The highest BCUT2D eigenvalue weighted by Crippen LogP contribution is 2.13. The summed E-state index contributed by atoms with van der Waals surface area (Å²) in [5.41, 5.74) is 1.10. The summed E-state index contributed by atoms with van der Waals surface area (Å²) in [6.07, 6.45) is 1.42. The van der Waals surface area contributed by atoms with E-state index >= 15 is 0 Å². The first-order valence-electron chi connectivity index (χ1n) is 4.66. The van der Waals surface area contributed by atoms with Crippen molar-refractivity contribution in [2.75, 3.05) is 0 Å². The van der Waals surface area contributed by atoms with Crippen LogP contribution in [0.1, 0.15) is 5.69 Å². The molecule has 0 atom stereocenters. The number of aliphatic hydroxyl groups is 1. The van der Waals surface area contributed by atoms with Gasteiger partial charge in [-0.05, 0) is 24.3 Å². The van der Waals surface area contributed by atoms with Gasteiger partial charge in [0, 0.05) is 0 Å². The van der Waals surface area contributed by atoms with Crippen LogP contribution in [0.25, 0.3) is 5.69 Å². The topological polar surface area (TPSA) is 111 Å². The Kier molecular flexibility index (Phi) is 2.92. The number of sulfonamides is 1. The lowest BCUT2D eigenvalue weighted by Crippen LogP contribution is -2.12. The molecule has 0 fully saturated rings. The van der Waals surface area contributed by atoms with Crippen molar-refractivity contribution in [3.05, 3.63) is 36.2 Å². The molecule has 0 aliphatic heterocycles. The first-order chi connectivity index (χ1) is 8.02. The Morgan fingerprint density at radius 1 is 1.29 bits per heavy atom. The molecule has 0 aliphatic rings. The van der Waals surface area contributed by atoms with Crippen LogP contribution in [0.2, 0.25) is 0 Å². The van der Waals surface area contributed by atoms with E-state index in [1.54, 1.807) is 0 Å². The largest absolute Gasteiger partial charge is 0.390 e. The number of nitrogens with zero attached hydrogens (tertiary/aromatic N) is 3. The smallest absolute Gasteiger partial charge is 0.238 e. The average Bonchev–Trinajstić information content (AvgIpc) is 2.76. The Hall–Kier alpha value is -1.77. The van der Waals surface area contributed by atoms with Gasteiger partial charge in [-0.15, -0.1) is 5.10 Å². The van der Waals surface area contributed by atoms with Crippen molar-refractivity contribution in [2.45, 2.75) is 11.5 Å². The molecule has 3 N–H and O–H groups in total. The monoisotopic (exact) mass is 254 g/mol. The van der Waals surface area contributed by atoms with E-state index in [-0.39, 0.29) is 11.5 Å². The fourth-order valence-electron chi connectivity index (χ4n) is 1.36. The Morgan fingerprint density at radius 2 is 1.94 bits per heavy atom. The van der Waals surface area contributed by atoms with Crippen molar-refractivity contribution >= 4 is 10.0 Å². The first-order valence-corrected chi connectivity index (χ1v) is 6.20. The molecule has 1 heterocycles. The number of hydrogen-bond donors (Lipinski definition) is 2. The minimum atomic E-state index is -3.70. The molecule has 7 nitrogen and oxygen atoms in total. The van der Waals surface area contributed by atoms with E-state index in [2.05, 4.69) is 10.3 Å². The Labute approximate surface area is 97.5 Å². The summed E-state index contributed by atoms with van der Waals surface area (Å²) < 4.78 is 23.5. The molecule has 0 spiro atoms. The van der Waals surface area contributed by atoms with Crippen molar-refractivity contribution < 1.29 is 13.5 Å². The summed E-state index contributed by atoms with van der Waals surface area (Å²) in [4.78, 5) is 0.0203. The molecule has 2 rings (SSSR count). The molecule has 0 aliphatic carbocycles. The van der Waals surface area contributed by atoms with E-state index in [4.69, 9.17) is 10.2 Å². The van der Waals surface area contributed by atoms with Gasteiger partial charge in [0.25, 0.3) is 0 Å². The van der Waals surface area contributed by atoms with Crippen molar-refractivity contribution in [1.29, 1.82) is 0 Å². The lowest BCUT2D eigenvalue weighted by atomic mass is 10.3. The van der Waals surface area contributed by atoms with Crippen LogP contribution in [-0.2, 0) is 16.6 Å². The van der Waals surface area contributed by atoms with Gasteiger partial charge >= 0.3 is 0 Å². The van der Waals surface area contributed by atoms with Gasteiger partial charge in [0.1, 0.15) is 0 Å². The Bertz CT molecular complexity index is 618. The van der Waals surface area contributed by atoms with Crippen molar-refractivity contribution in [3.63, 3.8) is 0 Å². The minimum Gasteiger partial charge on any atom is -0.390 e. The highest BCUT2D eigenvalue weighted by Gasteiger charge is 2.09. The zero-order chi connectivity index (χ0) is 12.5. The van der Waals surface area contributed by atoms with E-state index in [1.807, 2.05) is 0 Å². The van der Waals surface area contributed by atoms with Crippen molar-refractivity contribution in [2.24, 2.45) is 5.14 Å². The summed E-state index contributed by atoms with van der Waals surface area (Å²) in [5, 5.41) is 21.4. The van der Waals surface area contributed by atoms with E-state index < -0.39 is 10.0 Å². The number of rotatable bonds is 3. The predicted molar refractivity (Wildman–Crippen MR) is 58.7 cm³/mol. The maximum Gasteiger partial charge on any atom is 0.238 e. The normalized spacial score (nSPS) is 11.6. The third-order valence-corrected chi connectivity index (χ3v) is 3.12. The van der Waals surface area contributed by atoms with Crippen molar-refractivity contribution in [1.82, 2.24) is 15.0 Å². The second-order valence-electron chi connectivity index (χ2n) is 3.33. The maximum atomic E-state index is 11.1. The van der Waals surface area contributed by atoms with Crippen LogP contribution in [0.4, 0.5) is 0 Å². The lowest BCUT2D eigenvalue weighted by molar-refractivity contribution is 0.273. The standard InChI is InChI=1S/C9H10N4O3S/c10-17(15,16)9-3-1-7(2-4-9)13-8(6-14)5-11-12-13/h1-5,14H,6H2,(H2,10,15,16). The van der Waals surface area contributed by atoms with Gasteiger partial charge in [0.2, 0.25) is 10.0 Å². The van der Waals surface area contributed by atoms with Gasteiger partial charge in [-0.25, -0.2) is 18.2 Å². The van der Waals surface area contributed by atoms with E-state index in [9.17, 15) is 8.42 Å². The number of aliphatic hydroxyl groups excluding tert-OH is 1. The second-order valence-corrected chi connectivity index (χ2v) is 4.90. The number of benzene rings is 1. The molecule has 17 heavy (non-hydrogen) atoms. The van der Waals surface area contributed by atoms with Gasteiger partial charge in [-0.2, -0.15) is 0 Å².